The first-order valence-electron chi connectivity index (χ1n) is 4.19. The van der Waals surface area contributed by atoms with Crippen LogP contribution in [0.15, 0.2) is 0 Å². The van der Waals surface area contributed by atoms with Crippen molar-refractivity contribution in [2.24, 2.45) is 0 Å². The third-order valence-electron chi connectivity index (χ3n) is 2.14. The third-order valence-corrected chi connectivity index (χ3v) is 3.42. The molecule has 1 aromatic heterocycles. The Hall–Kier alpha value is -0.550. The Morgan fingerprint density at radius 3 is 3.00 bits per heavy atom. The van der Waals surface area contributed by atoms with Gasteiger partial charge >= 0.3 is 0 Å². The van der Waals surface area contributed by atoms with Crippen LogP contribution in [0.5, 0.6) is 0 Å². The lowest BCUT2D eigenvalue weighted by molar-refractivity contribution is 0.150. The molecule has 5 heteroatoms. The molecule has 0 saturated heterocycles. The van der Waals surface area contributed by atoms with E-state index in [4.69, 9.17) is 0 Å². The smallest absolute Gasteiger partial charge is 0.289 e. The fourth-order valence-electron chi connectivity index (χ4n) is 1.49. The van der Waals surface area contributed by atoms with Crippen LogP contribution in [-0.2, 0) is 6.42 Å². The summed E-state index contributed by atoms with van der Waals surface area (Å²) < 4.78 is 24.6. The Morgan fingerprint density at radius 1 is 1.62 bits per heavy atom. The molecule has 0 fully saturated rings. The van der Waals surface area contributed by atoms with E-state index in [9.17, 15) is 8.78 Å². The predicted molar refractivity (Wildman–Crippen MR) is 47.2 cm³/mol. The van der Waals surface area contributed by atoms with Gasteiger partial charge < -0.3 is 5.32 Å². The number of hydrogen-bond acceptors (Lipinski definition) is 3. The van der Waals surface area contributed by atoms with E-state index in [1.54, 1.807) is 0 Å². The summed E-state index contributed by atoms with van der Waals surface area (Å²) in [5, 5.41) is 3.17. The van der Waals surface area contributed by atoms with E-state index in [1.807, 2.05) is 6.92 Å². The molecule has 72 valence electrons. The number of alkyl halides is 2. The van der Waals surface area contributed by atoms with Gasteiger partial charge in [-0.3, -0.25) is 0 Å². The summed E-state index contributed by atoms with van der Waals surface area (Å²) in [6.45, 7) is 2.81. The van der Waals surface area contributed by atoms with Crippen LogP contribution >= 0.6 is 11.3 Å². The number of thiazole rings is 1. The maximum atomic E-state index is 12.3. The van der Waals surface area contributed by atoms with Gasteiger partial charge in [0.05, 0.1) is 5.69 Å². The van der Waals surface area contributed by atoms with E-state index in [-0.39, 0.29) is 11.0 Å². The van der Waals surface area contributed by atoms with Gasteiger partial charge in [0.1, 0.15) is 0 Å². The SMILES string of the molecule is C[C@H]1NCCc2nc(C(F)F)sc21. The summed E-state index contributed by atoms with van der Waals surface area (Å²) in [5.41, 5.74) is 0.853. The normalized spacial score (nSPS) is 22.0. The number of aromatic nitrogens is 1. The van der Waals surface area contributed by atoms with Crippen LogP contribution < -0.4 is 5.32 Å². The lowest BCUT2D eigenvalue weighted by Crippen LogP contribution is -2.26. The van der Waals surface area contributed by atoms with Gasteiger partial charge in [0.2, 0.25) is 0 Å². The van der Waals surface area contributed by atoms with Gasteiger partial charge in [0, 0.05) is 23.9 Å². The van der Waals surface area contributed by atoms with Crippen LogP contribution in [0.25, 0.3) is 0 Å². The topological polar surface area (TPSA) is 24.9 Å². The highest BCUT2D eigenvalue weighted by molar-refractivity contribution is 7.11. The monoisotopic (exact) mass is 204 g/mol. The zero-order valence-corrected chi connectivity index (χ0v) is 8.00. The maximum absolute atomic E-state index is 12.3. The molecule has 1 aliphatic heterocycles. The van der Waals surface area contributed by atoms with Crippen LogP contribution in [0.4, 0.5) is 8.78 Å². The van der Waals surface area contributed by atoms with E-state index in [1.165, 1.54) is 0 Å². The first-order chi connectivity index (χ1) is 6.18. The quantitative estimate of drug-likeness (QED) is 0.759. The number of nitrogens with one attached hydrogen (secondary N) is 1. The van der Waals surface area contributed by atoms with E-state index in [0.29, 0.717) is 0 Å². The Morgan fingerprint density at radius 2 is 2.38 bits per heavy atom. The average Bonchev–Trinajstić information content (AvgIpc) is 2.49. The van der Waals surface area contributed by atoms with Gasteiger partial charge in [-0.15, -0.1) is 11.3 Å². The first-order valence-corrected chi connectivity index (χ1v) is 5.01. The molecule has 0 radical (unpaired) electrons. The molecule has 0 bridgehead atoms. The molecule has 0 unspecified atom stereocenters. The minimum atomic E-state index is -2.43. The molecule has 2 rings (SSSR count). The van der Waals surface area contributed by atoms with Gasteiger partial charge in [-0.25, -0.2) is 13.8 Å². The molecular formula is C8H10F2N2S. The van der Waals surface area contributed by atoms with Crippen molar-refractivity contribution in [1.82, 2.24) is 10.3 Å². The van der Waals surface area contributed by atoms with Gasteiger partial charge in [0.15, 0.2) is 5.01 Å². The van der Waals surface area contributed by atoms with E-state index < -0.39 is 6.43 Å². The molecule has 2 nitrogen and oxygen atoms in total. The average molecular weight is 204 g/mol. The van der Waals surface area contributed by atoms with Crippen molar-refractivity contribution in [3.8, 4) is 0 Å². The second kappa shape index (κ2) is 3.31. The summed E-state index contributed by atoms with van der Waals surface area (Å²) in [6.07, 6.45) is -1.66. The Kier molecular flexibility index (Phi) is 2.29. The fourth-order valence-corrected chi connectivity index (χ4v) is 2.49. The van der Waals surface area contributed by atoms with Gasteiger partial charge in [-0.05, 0) is 6.92 Å². The number of nitrogens with zero attached hydrogens (tertiary/aromatic N) is 1. The minimum Gasteiger partial charge on any atom is -0.309 e. The van der Waals surface area contributed by atoms with E-state index in [2.05, 4.69) is 10.3 Å². The Bertz CT molecular complexity index is 311. The summed E-state index contributed by atoms with van der Waals surface area (Å²) in [4.78, 5) is 4.90. The van der Waals surface area contributed by atoms with Crippen LogP contribution in [0.1, 0.15) is 35.0 Å². The van der Waals surface area contributed by atoms with Crippen molar-refractivity contribution in [1.29, 1.82) is 0 Å². The van der Waals surface area contributed by atoms with Crippen molar-refractivity contribution >= 4 is 11.3 Å². The molecule has 1 N–H and O–H groups in total. The molecule has 2 heterocycles. The highest BCUT2D eigenvalue weighted by atomic mass is 32.1. The Labute approximate surface area is 79.0 Å². The zero-order valence-electron chi connectivity index (χ0n) is 7.18. The standard InChI is InChI=1S/C8H10F2N2S/c1-4-6-5(2-3-11-4)12-8(13-6)7(9)10/h4,7,11H,2-3H2,1H3/t4-/m1/s1. The van der Waals surface area contributed by atoms with E-state index in [0.717, 1.165) is 34.9 Å². The van der Waals surface area contributed by atoms with Crippen LogP contribution in [0.2, 0.25) is 0 Å². The van der Waals surface area contributed by atoms with Gasteiger partial charge in [0.25, 0.3) is 6.43 Å². The second-order valence-electron chi connectivity index (χ2n) is 3.09. The zero-order chi connectivity index (χ0) is 9.42. The fraction of sp³-hybridized carbons (Fsp3) is 0.625. The van der Waals surface area contributed by atoms with Gasteiger partial charge in [-0.2, -0.15) is 0 Å². The highest BCUT2D eigenvalue weighted by Crippen LogP contribution is 2.32. The number of hydrogen-bond donors (Lipinski definition) is 1. The molecular weight excluding hydrogens is 194 g/mol. The maximum Gasteiger partial charge on any atom is 0.289 e. The number of rotatable bonds is 1. The summed E-state index contributed by atoms with van der Waals surface area (Å²) in [6, 6.07) is 0.175. The molecule has 0 spiro atoms. The van der Waals surface area contributed by atoms with Gasteiger partial charge in [-0.1, -0.05) is 0 Å². The highest BCUT2D eigenvalue weighted by Gasteiger charge is 2.23. The number of fused-ring (bicyclic) bond motifs is 1. The lowest BCUT2D eigenvalue weighted by Gasteiger charge is -2.18. The minimum absolute atomic E-state index is 0.0412. The van der Waals surface area contributed by atoms with Crippen molar-refractivity contribution in [3.05, 3.63) is 15.6 Å². The molecule has 0 aromatic carbocycles. The van der Waals surface area contributed by atoms with E-state index >= 15 is 0 Å². The first kappa shape index (κ1) is 9.02. The Balaban J connectivity index is 2.36. The summed E-state index contributed by atoms with van der Waals surface area (Å²) in [5.74, 6) is 0. The predicted octanol–water partition coefficient (Wildman–Crippen LogP) is 2.29. The molecule has 0 saturated carbocycles. The molecule has 1 atom stereocenters. The lowest BCUT2D eigenvalue weighted by atomic mass is 10.1. The third kappa shape index (κ3) is 1.58. The molecule has 0 aliphatic carbocycles. The van der Waals surface area contributed by atoms with Crippen molar-refractivity contribution in [3.63, 3.8) is 0 Å². The van der Waals surface area contributed by atoms with Crippen LogP contribution in [0, 0.1) is 0 Å². The van der Waals surface area contributed by atoms with Crippen LogP contribution in [-0.4, -0.2) is 11.5 Å². The molecule has 0 amide bonds. The number of halogens is 2. The van der Waals surface area contributed by atoms with Crippen molar-refractivity contribution in [2.75, 3.05) is 6.54 Å². The van der Waals surface area contributed by atoms with Crippen molar-refractivity contribution in [2.45, 2.75) is 25.8 Å². The van der Waals surface area contributed by atoms with Crippen molar-refractivity contribution < 1.29 is 8.78 Å². The summed E-state index contributed by atoms with van der Waals surface area (Å²) in [7, 11) is 0. The molecule has 13 heavy (non-hydrogen) atoms. The molecule has 1 aromatic rings. The molecule has 1 aliphatic rings. The summed E-state index contributed by atoms with van der Waals surface area (Å²) >= 11 is 1.13. The largest absolute Gasteiger partial charge is 0.309 e. The second-order valence-corrected chi connectivity index (χ2v) is 4.15. The van der Waals surface area contributed by atoms with Crippen LogP contribution in [0.3, 0.4) is 0 Å².